The number of likely N-dealkylation sites (tertiary alicyclic amines) is 1. The highest BCUT2D eigenvalue weighted by Crippen LogP contribution is 2.40. The van der Waals surface area contributed by atoms with Crippen molar-refractivity contribution in [3.63, 3.8) is 0 Å². The summed E-state index contributed by atoms with van der Waals surface area (Å²) < 4.78 is 56.3. The average molecular weight is 634 g/mol. The van der Waals surface area contributed by atoms with Crippen LogP contribution in [-0.4, -0.2) is 97.7 Å². The molecular formula is C31H42F3N7O4. The van der Waals surface area contributed by atoms with Crippen LogP contribution < -0.4 is 25.2 Å². The second kappa shape index (κ2) is 13.8. The summed E-state index contributed by atoms with van der Waals surface area (Å²) >= 11 is 0. The number of carbonyl (C=O) groups is 2. The molecule has 0 bridgehead atoms. The number of fused-ring (bicyclic) bond motifs is 1. The van der Waals surface area contributed by atoms with Gasteiger partial charge in [0.25, 0.3) is 11.8 Å². The maximum Gasteiger partial charge on any atom is 0.342 e. The Labute approximate surface area is 261 Å². The third-order valence-electron chi connectivity index (χ3n) is 8.70. The largest absolute Gasteiger partial charge is 0.495 e. The minimum atomic E-state index is -3.60. The minimum Gasteiger partial charge on any atom is -0.495 e. The van der Waals surface area contributed by atoms with Gasteiger partial charge in [-0.2, -0.15) is 13.8 Å². The highest BCUT2D eigenvalue weighted by atomic mass is 19.3. The molecule has 2 N–H and O–H groups in total. The summed E-state index contributed by atoms with van der Waals surface area (Å²) in [7, 11) is 2.67. The lowest BCUT2D eigenvalue weighted by molar-refractivity contribution is -0.140. The molecule has 1 saturated heterocycles. The Bertz CT molecular complexity index is 1380. The van der Waals surface area contributed by atoms with Crippen molar-refractivity contribution >= 4 is 35.0 Å². The van der Waals surface area contributed by atoms with Crippen molar-refractivity contribution in [2.75, 3.05) is 62.1 Å². The molecule has 2 fully saturated rings. The number of hydrogen-bond acceptors (Lipinski definition) is 9. The SMILES string of the molecule is COc1cc(C(=O)NC2CCN(CCOC(C)C)CC2)c(F)cc1Nc1ncc2c(n1)N(C1CCCC1)CC(F)(F)C(=O)N2C. The molecule has 246 valence electrons. The van der Waals surface area contributed by atoms with Gasteiger partial charge in [-0.25, -0.2) is 9.37 Å². The molecule has 1 saturated carbocycles. The van der Waals surface area contributed by atoms with Gasteiger partial charge >= 0.3 is 5.92 Å². The highest BCUT2D eigenvalue weighted by Gasteiger charge is 2.48. The van der Waals surface area contributed by atoms with Gasteiger partial charge in [-0.15, -0.1) is 0 Å². The summed E-state index contributed by atoms with van der Waals surface area (Å²) in [5.41, 5.74) is 0.150. The molecule has 0 spiro atoms. The summed E-state index contributed by atoms with van der Waals surface area (Å²) in [5.74, 6) is -5.87. The lowest BCUT2D eigenvalue weighted by atomic mass is 10.0. The number of methoxy groups -OCH3 is 1. The van der Waals surface area contributed by atoms with Gasteiger partial charge in [-0.3, -0.25) is 9.59 Å². The Morgan fingerprint density at radius 1 is 1.16 bits per heavy atom. The van der Waals surface area contributed by atoms with Crippen LogP contribution in [-0.2, 0) is 9.53 Å². The van der Waals surface area contributed by atoms with Crippen LogP contribution in [0.1, 0.15) is 62.7 Å². The second-order valence-corrected chi connectivity index (χ2v) is 12.2. The van der Waals surface area contributed by atoms with Crippen LogP contribution in [0.25, 0.3) is 0 Å². The average Bonchev–Trinajstić information content (AvgIpc) is 3.53. The molecule has 0 unspecified atom stereocenters. The van der Waals surface area contributed by atoms with Crippen LogP contribution in [0.4, 0.5) is 36.3 Å². The zero-order chi connectivity index (χ0) is 32.3. The molecular weight excluding hydrogens is 591 g/mol. The van der Waals surface area contributed by atoms with Crippen LogP contribution in [0.5, 0.6) is 5.75 Å². The van der Waals surface area contributed by atoms with Gasteiger partial charge in [0.05, 0.1) is 43.8 Å². The maximum absolute atomic E-state index is 15.4. The molecule has 3 heterocycles. The first kappa shape index (κ1) is 32.7. The quantitative estimate of drug-likeness (QED) is 0.395. The van der Waals surface area contributed by atoms with E-state index in [1.165, 1.54) is 31.3 Å². The number of anilines is 4. The van der Waals surface area contributed by atoms with Crippen LogP contribution in [0.3, 0.4) is 0 Å². The van der Waals surface area contributed by atoms with Crippen molar-refractivity contribution in [3.8, 4) is 5.75 Å². The fourth-order valence-corrected chi connectivity index (χ4v) is 6.20. The molecule has 14 heteroatoms. The predicted octanol–water partition coefficient (Wildman–Crippen LogP) is 4.35. The molecule has 0 atom stereocenters. The Hall–Kier alpha value is -3.65. The van der Waals surface area contributed by atoms with E-state index in [-0.39, 0.29) is 52.6 Å². The first-order valence-corrected chi connectivity index (χ1v) is 15.6. The summed E-state index contributed by atoms with van der Waals surface area (Å²) in [6.45, 7) is 6.30. The lowest BCUT2D eigenvalue weighted by Crippen LogP contribution is -2.48. The first-order valence-electron chi connectivity index (χ1n) is 15.6. The monoisotopic (exact) mass is 633 g/mol. The normalized spacial score (nSPS) is 19.5. The first-order chi connectivity index (χ1) is 21.5. The molecule has 2 amide bonds. The molecule has 0 radical (unpaired) electrons. The molecule has 1 aromatic heterocycles. The van der Waals surface area contributed by atoms with E-state index in [1.54, 1.807) is 0 Å². The van der Waals surface area contributed by atoms with E-state index in [1.807, 2.05) is 13.8 Å². The lowest BCUT2D eigenvalue weighted by Gasteiger charge is -2.32. The summed E-state index contributed by atoms with van der Waals surface area (Å²) in [6.07, 6.45) is 6.17. The van der Waals surface area contributed by atoms with Crippen molar-refractivity contribution in [2.24, 2.45) is 0 Å². The van der Waals surface area contributed by atoms with Gasteiger partial charge < -0.3 is 34.8 Å². The number of aromatic nitrogens is 2. The van der Waals surface area contributed by atoms with Gasteiger partial charge in [0.15, 0.2) is 5.82 Å². The minimum absolute atomic E-state index is 0.00303. The number of amides is 2. The Morgan fingerprint density at radius 3 is 2.53 bits per heavy atom. The van der Waals surface area contributed by atoms with E-state index in [2.05, 4.69) is 25.5 Å². The smallest absolute Gasteiger partial charge is 0.342 e. The zero-order valence-corrected chi connectivity index (χ0v) is 26.2. The van der Waals surface area contributed by atoms with Crippen molar-refractivity contribution in [1.29, 1.82) is 0 Å². The van der Waals surface area contributed by atoms with Crippen molar-refractivity contribution in [3.05, 3.63) is 29.7 Å². The number of alkyl halides is 2. The van der Waals surface area contributed by atoms with Crippen LogP contribution in [0, 0.1) is 5.82 Å². The fourth-order valence-electron chi connectivity index (χ4n) is 6.20. The number of nitrogens with zero attached hydrogens (tertiary/aromatic N) is 5. The number of nitrogens with one attached hydrogen (secondary N) is 2. The van der Waals surface area contributed by atoms with Crippen molar-refractivity contribution in [2.45, 2.75) is 76.5 Å². The summed E-state index contributed by atoms with van der Waals surface area (Å²) in [5, 5.41) is 5.86. The van der Waals surface area contributed by atoms with Crippen LogP contribution >= 0.6 is 0 Å². The Kier molecular flexibility index (Phi) is 10.0. The summed E-state index contributed by atoms with van der Waals surface area (Å²) in [6, 6.07) is 2.15. The number of ether oxygens (including phenoxy) is 2. The van der Waals surface area contributed by atoms with E-state index in [4.69, 9.17) is 9.47 Å². The zero-order valence-electron chi connectivity index (χ0n) is 26.2. The van der Waals surface area contributed by atoms with Crippen LogP contribution in [0.2, 0.25) is 0 Å². The molecule has 45 heavy (non-hydrogen) atoms. The molecule has 1 aromatic carbocycles. The topological polar surface area (TPSA) is 112 Å². The number of piperidine rings is 1. The maximum atomic E-state index is 15.4. The molecule has 5 rings (SSSR count). The molecule has 2 aromatic rings. The second-order valence-electron chi connectivity index (χ2n) is 12.2. The predicted molar refractivity (Wildman–Crippen MR) is 164 cm³/mol. The third-order valence-corrected chi connectivity index (χ3v) is 8.70. The van der Waals surface area contributed by atoms with Crippen molar-refractivity contribution < 1.29 is 32.2 Å². The van der Waals surface area contributed by atoms with E-state index in [9.17, 15) is 18.4 Å². The molecule has 11 nitrogen and oxygen atoms in total. The number of hydrogen-bond donors (Lipinski definition) is 2. The van der Waals surface area contributed by atoms with Gasteiger partial charge in [-0.05, 0) is 45.6 Å². The highest BCUT2D eigenvalue weighted by molar-refractivity contribution is 6.02. The molecule has 2 aliphatic heterocycles. The molecule has 1 aliphatic carbocycles. The third kappa shape index (κ3) is 7.43. The van der Waals surface area contributed by atoms with E-state index in [0.29, 0.717) is 19.4 Å². The van der Waals surface area contributed by atoms with E-state index in [0.717, 1.165) is 56.3 Å². The van der Waals surface area contributed by atoms with E-state index >= 15 is 4.39 Å². The standard InChI is InChI=1S/C31H42F3N7O4/c1-19(2)45-14-13-40-11-9-20(10-12-40)36-28(42)22-15-26(44-4)24(16-23(22)32)37-30-35-17-25-27(38-30)41(21-7-5-6-8-21)18-31(33,34)29(43)39(25)3/h15-17,19-21H,5-14,18H2,1-4H3,(H,36,42)(H,35,37,38). The fraction of sp³-hybridized carbons (Fsp3) is 0.613. The Morgan fingerprint density at radius 2 is 1.87 bits per heavy atom. The van der Waals surface area contributed by atoms with Gasteiger partial charge in [-0.1, -0.05) is 12.8 Å². The number of rotatable bonds is 10. The number of carbonyl (C=O) groups excluding carboxylic acids is 2. The number of halogens is 3. The van der Waals surface area contributed by atoms with Gasteiger partial charge in [0, 0.05) is 44.8 Å². The van der Waals surface area contributed by atoms with Crippen molar-refractivity contribution in [1.82, 2.24) is 20.2 Å². The van der Waals surface area contributed by atoms with E-state index < -0.39 is 30.1 Å². The molecule has 3 aliphatic rings. The summed E-state index contributed by atoms with van der Waals surface area (Å²) in [4.78, 5) is 39.1. The number of benzene rings is 1. The van der Waals surface area contributed by atoms with Crippen LogP contribution in [0.15, 0.2) is 18.3 Å². The Balaban J connectivity index is 1.31. The van der Waals surface area contributed by atoms with Gasteiger partial charge in [0.1, 0.15) is 17.3 Å². The van der Waals surface area contributed by atoms with Gasteiger partial charge in [0.2, 0.25) is 5.95 Å².